The average Bonchev–Trinajstić information content (AvgIpc) is 3.37. The molecule has 0 saturated carbocycles. The van der Waals surface area contributed by atoms with E-state index in [2.05, 4.69) is 120 Å². The number of aromatic nitrogens is 1. The molecule has 3 N–H and O–H groups in total. The van der Waals surface area contributed by atoms with Crippen LogP contribution in [0.15, 0.2) is 152 Å². The Balaban J connectivity index is 1.57. The lowest BCUT2D eigenvalue weighted by Gasteiger charge is -2.12. The van der Waals surface area contributed by atoms with E-state index in [1.54, 1.807) is 24.4 Å². The highest BCUT2D eigenvalue weighted by molar-refractivity contribution is 6.19. The molecule has 0 bridgehead atoms. The van der Waals surface area contributed by atoms with E-state index in [1.165, 1.54) is 38.3 Å². The predicted octanol–water partition coefficient (Wildman–Crippen LogP) is 9.61. The van der Waals surface area contributed by atoms with Crippen LogP contribution in [0.3, 0.4) is 0 Å². The molecule has 0 aliphatic carbocycles. The van der Waals surface area contributed by atoms with Gasteiger partial charge in [0.1, 0.15) is 0 Å². The first-order valence-corrected chi connectivity index (χ1v) is 13.7. The summed E-state index contributed by atoms with van der Waals surface area (Å²) in [7, 11) is 0. The fraction of sp³-hybridized carbons (Fsp3) is 0.0263. The number of rotatable bonds is 7. The number of nitrogens with one attached hydrogen (secondary N) is 1. The van der Waals surface area contributed by atoms with Crippen LogP contribution in [0.25, 0.3) is 55.0 Å². The quantitative estimate of drug-likeness (QED) is 0.157. The first kappa shape index (κ1) is 25.8. The molecule has 198 valence electrons. The van der Waals surface area contributed by atoms with Gasteiger partial charge in [-0.15, -0.1) is 0 Å². The van der Waals surface area contributed by atoms with Gasteiger partial charge in [-0.3, -0.25) is 0 Å². The SMILES string of the molecule is C=C/C=C\C(=N)/C(C)=C/C(=C\N)c1ccc2c(ccc3c4ccc(-c5ccccc5)cc4n(-c4ccccc4)c23)c1. The maximum absolute atomic E-state index is 8.31. The van der Waals surface area contributed by atoms with Crippen molar-refractivity contribution < 1.29 is 0 Å². The van der Waals surface area contributed by atoms with Gasteiger partial charge in [-0.25, -0.2) is 0 Å². The molecule has 6 aromatic rings. The van der Waals surface area contributed by atoms with Crippen LogP contribution in [-0.4, -0.2) is 10.3 Å². The summed E-state index contributed by atoms with van der Waals surface area (Å²) in [5, 5.41) is 13.1. The zero-order valence-corrected chi connectivity index (χ0v) is 23.0. The Morgan fingerprint density at radius 2 is 1.49 bits per heavy atom. The summed E-state index contributed by atoms with van der Waals surface area (Å²) in [4.78, 5) is 0. The zero-order chi connectivity index (χ0) is 28.3. The largest absolute Gasteiger partial charge is 0.404 e. The van der Waals surface area contributed by atoms with Crippen molar-refractivity contribution >= 4 is 43.9 Å². The molecule has 0 saturated heterocycles. The molecule has 3 heteroatoms. The molecule has 6 rings (SSSR count). The lowest BCUT2D eigenvalue weighted by molar-refractivity contribution is 1.19. The van der Waals surface area contributed by atoms with Gasteiger partial charge < -0.3 is 15.7 Å². The number of benzene rings is 5. The van der Waals surface area contributed by atoms with E-state index >= 15 is 0 Å². The van der Waals surface area contributed by atoms with Gasteiger partial charge in [0, 0.05) is 28.0 Å². The van der Waals surface area contributed by atoms with E-state index in [0.717, 1.165) is 27.8 Å². The molecule has 0 atom stereocenters. The third kappa shape index (κ3) is 4.79. The number of hydrogen-bond acceptors (Lipinski definition) is 2. The van der Waals surface area contributed by atoms with Crippen molar-refractivity contribution in [2.75, 3.05) is 0 Å². The summed E-state index contributed by atoms with van der Waals surface area (Å²) in [6, 6.07) is 38.8. The van der Waals surface area contributed by atoms with Crippen LogP contribution in [-0.2, 0) is 0 Å². The molecule has 1 heterocycles. The molecule has 0 amide bonds. The minimum atomic E-state index is 0.425. The molecule has 0 spiro atoms. The van der Waals surface area contributed by atoms with Crippen molar-refractivity contribution in [1.82, 2.24) is 4.57 Å². The number of nitrogens with zero attached hydrogens (tertiary/aromatic N) is 1. The Kier molecular flexibility index (Phi) is 6.93. The van der Waals surface area contributed by atoms with Gasteiger partial charge in [-0.05, 0) is 76.6 Å². The van der Waals surface area contributed by atoms with Crippen molar-refractivity contribution in [3.8, 4) is 16.8 Å². The Morgan fingerprint density at radius 1 is 0.780 bits per heavy atom. The summed E-state index contributed by atoms with van der Waals surface area (Å²) in [5.41, 5.74) is 15.1. The molecule has 0 aliphatic heterocycles. The Morgan fingerprint density at radius 3 is 2.22 bits per heavy atom. The van der Waals surface area contributed by atoms with Gasteiger partial charge in [0.25, 0.3) is 0 Å². The summed E-state index contributed by atoms with van der Waals surface area (Å²) < 4.78 is 2.39. The van der Waals surface area contributed by atoms with E-state index in [1.807, 2.05) is 13.0 Å². The normalized spacial score (nSPS) is 12.5. The molecule has 3 nitrogen and oxygen atoms in total. The maximum Gasteiger partial charge on any atom is 0.0619 e. The molecule has 0 fully saturated rings. The second-order valence-corrected chi connectivity index (χ2v) is 10.1. The van der Waals surface area contributed by atoms with Crippen LogP contribution in [0.2, 0.25) is 0 Å². The molecular formula is C38H31N3. The Labute approximate surface area is 240 Å². The van der Waals surface area contributed by atoms with E-state index in [4.69, 9.17) is 11.1 Å². The second-order valence-electron chi connectivity index (χ2n) is 10.1. The lowest BCUT2D eigenvalue weighted by atomic mass is 9.97. The van der Waals surface area contributed by atoms with Crippen LogP contribution in [0, 0.1) is 5.41 Å². The Hall–Kier alpha value is -5.41. The second kappa shape index (κ2) is 11.0. The van der Waals surface area contributed by atoms with E-state index in [0.29, 0.717) is 5.71 Å². The summed E-state index contributed by atoms with van der Waals surface area (Å²) >= 11 is 0. The van der Waals surface area contributed by atoms with Crippen molar-refractivity contribution in [3.63, 3.8) is 0 Å². The minimum Gasteiger partial charge on any atom is -0.404 e. The van der Waals surface area contributed by atoms with Crippen LogP contribution >= 0.6 is 0 Å². The zero-order valence-electron chi connectivity index (χ0n) is 23.0. The van der Waals surface area contributed by atoms with Gasteiger partial charge in [0.2, 0.25) is 0 Å². The monoisotopic (exact) mass is 529 g/mol. The highest BCUT2D eigenvalue weighted by Crippen LogP contribution is 2.39. The number of allylic oxidation sites excluding steroid dienone is 6. The van der Waals surface area contributed by atoms with Crippen LogP contribution in [0.5, 0.6) is 0 Å². The van der Waals surface area contributed by atoms with Crippen LogP contribution in [0.1, 0.15) is 12.5 Å². The maximum atomic E-state index is 8.31. The van der Waals surface area contributed by atoms with E-state index in [-0.39, 0.29) is 0 Å². The third-order valence-corrected chi connectivity index (χ3v) is 7.57. The molecule has 5 aromatic carbocycles. The molecular weight excluding hydrogens is 498 g/mol. The topological polar surface area (TPSA) is 54.8 Å². The molecule has 0 aliphatic rings. The number of nitrogens with two attached hydrogens (primary N) is 1. The fourth-order valence-electron chi connectivity index (χ4n) is 5.51. The van der Waals surface area contributed by atoms with Gasteiger partial charge in [0.15, 0.2) is 0 Å². The Bertz CT molecular complexity index is 2020. The minimum absolute atomic E-state index is 0.425. The van der Waals surface area contributed by atoms with Gasteiger partial charge in [-0.1, -0.05) is 104 Å². The highest BCUT2D eigenvalue weighted by atomic mass is 15.0. The predicted molar refractivity (Wildman–Crippen MR) is 177 cm³/mol. The molecule has 41 heavy (non-hydrogen) atoms. The van der Waals surface area contributed by atoms with E-state index in [9.17, 15) is 0 Å². The average molecular weight is 530 g/mol. The van der Waals surface area contributed by atoms with Gasteiger partial charge in [0.05, 0.1) is 16.7 Å². The summed E-state index contributed by atoms with van der Waals surface area (Å²) in [6.45, 7) is 5.61. The first-order valence-electron chi connectivity index (χ1n) is 13.7. The number of hydrogen-bond donors (Lipinski definition) is 2. The molecule has 1 aromatic heterocycles. The lowest BCUT2D eigenvalue weighted by Crippen LogP contribution is -1.96. The van der Waals surface area contributed by atoms with Crippen LogP contribution in [0.4, 0.5) is 0 Å². The third-order valence-electron chi connectivity index (χ3n) is 7.57. The molecule has 0 radical (unpaired) electrons. The summed E-state index contributed by atoms with van der Waals surface area (Å²) in [6.07, 6.45) is 8.74. The van der Waals surface area contributed by atoms with Crippen molar-refractivity contribution in [2.24, 2.45) is 5.73 Å². The van der Waals surface area contributed by atoms with Crippen molar-refractivity contribution in [1.29, 1.82) is 5.41 Å². The number of fused-ring (bicyclic) bond motifs is 5. The van der Waals surface area contributed by atoms with Gasteiger partial charge in [-0.2, -0.15) is 0 Å². The van der Waals surface area contributed by atoms with Gasteiger partial charge >= 0.3 is 0 Å². The first-order chi connectivity index (χ1) is 20.1. The van der Waals surface area contributed by atoms with Crippen LogP contribution < -0.4 is 5.73 Å². The fourth-order valence-corrected chi connectivity index (χ4v) is 5.51. The smallest absolute Gasteiger partial charge is 0.0619 e. The number of para-hydroxylation sites is 1. The standard InChI is InChI=1S/C38H31N3/c1-3-4-15-36(40)26(2)22-31(25-39)28-16-19-33-30(23-28)18-21-35-34-20-17-29(27-11-7-5-8-12-27)24-37(34)41(38(33)35)32-13-9-6-10-14-32/h3-25,40H,1,39H2,2H3/b15-4-,26-22+,31-25+,40-36?. The molecule has 0 unspecified atom stereocenters. The summed E-state index contributed by atoms with van der Waals surface area (Å²) in [5.74, 6) is 0. The van der Waals surface area contributed by atoms with E-state index < -0.39 is 0 Å². The highest BCUT2D eigenvalue weighted by Gasteiger charge is 2.16. The van der Waals surface area contributed by atoms with Crippen molar-refractivity contribution in [2.45, 2.75) is 6.92 Å². The van der Waals surface area contributed by atoms with Crippen molar-refractivity contribution in [3.05, 3.63) is 157 Å².